The van der Waals surface area contributed by atoms with Crippen molar-refractivity contribution in [3.63, 3.8) is 0 Å². The minimum absolute atomic E-state index is 0.316. The van der Waals surface area contributed by atoms with Gasteiger partial charge in [-0.05, 0) is 33.3 Å². The van der Waals surface area contributed by atoms with Crippen LogP contribution in [0.4, 0.5) is 10.6 Å². The lowest BCUT2D eigenvalue weighted by Crippen LogP contribution is -2.28. The Bertz CT molecular complexity index is 944. The summed E-state index contributed by atoms with van der Waals surface area (Å²) in [6, 6.07) is 7.65. The molecule has 1 aromatic carbocycles. The highest BCUT2D eigenvalue weighted by Gasteiger charge is 2.22. The van der Waals surface area contributed by atoms with Crippen molar-refractivity contribution in [3.8, 4) is 0 Å². The number of carbonyl (C=O) groups is 1. The number of nitrogens with zero attached hydrogens (tertiary/aromatic N) is 3. The molecule has 25 heavy (non-hydrogen) atoms. The van der Waals surface area contributed by atoms with Crippen molar-refractivity contribution in [2.75, 3.05) is 5.32 Å². The molecule has 0 spiro atoms. The van der Waals surface area contributed by atoms with Crippen LogP contribution in [0.15, 0.2) is 24.3 Å². The molecule has 0 unspecified atom stereocenters. The number of benzene rings is 1. The van der Waals surface area contributed by atoms with Crippen LogP contribution in [0.1, 0.15) is 34.1 Å². The van der Waals surface area contributed by atoms with Crippen LogP contribution in [-0.2, 0) is 11.3 Å². The zero-order chi connectivity index (χ0) is 18.2. The van der Waals surface area contributed by atoms with Gasteiger partial charge in [0.1, 0.15) is 16.9 Å². The number of para-hydroxylation sites is 1. The number of aromatic nitrogens is 3. The van der Waals surface area contributed by atoms with E-state index in [-0.39, 0.29) is 0 Å². The highest BCUT2D eigenvalue weighted by Crippen LogP contribution is 2.34. The Morgan fingerprint density at radius 1 is 1.32 bits per heavy atom. The van der Waals surface area contributed by atoms with Crippen LogP contribution in [0.3, 0.4) is 0 Å². The number of carbonyl (C=O) groups excluding carboxylic acids is 1. The largest absolute Gasteiger partial charge is 0.444 e. The van der Waals surface area contributed by atoms with E-state index in [9.17, 15) is 4.79 Å². The molecule has 0 bridgehead atoms. The molecular formula is C18H21ClN4O2. The number of ether oxygens (including phenoxy) is 1. The van der Waals surface area contributed by atoms with Gasteiger partial charge in [0.2, 0.25) is 0 Å². The summed E-state index contributed by atoms with van der Waals surface area (Å²) in [4.78, 5) is 16.7. The van der Waals surface area contributed by atoms with Crippen molar-refractivity contribution in [2.45, 2.75) is 46.3 Å². The third-order valence-electron chi connectivity index (χ3n) is 3.59. The zero-order valence-electron chi connectivity index (χ0n) is 14.8. The monoisotopic (exact) mass is 360 g/mol. The fraction of sp³-hybridized carbons (Fsp3) is 0.389. The van der Waals surface area contributed by atoms with Gasteiger partial charge < -0.3 is 4.74 Å². The van der Waals surface area contributed by atoms with Crippen molar-refractivity contribution in [1.29, 1.82) is 0 Å². The number of pyridine rings is 1. The first kappa shape index (κ1) is 17.5. The smallest absolute Gasteiger partial charge is 0.413 e. The normalized spacial score (nSPS) is 11.9. The summed E-state index contributed by atoms with van der Waals surface area (Å²) in [5.74, 6) is 0.576. The van der Waals surface area contributed by atoms with E-state index >= 15 is 0 Å². The molecule has 3 aromatic rings. The first-order valence-electron chi connectivity index (χ1n) is 8.25. The molecule has 2 aromatic heterocycles. The van der Waals surface area contributed by atoms with E-state index < -0.39 is 11.7 Å². The average molecular weight is 361 g/mol. The van der Waals surface area contributed by atoms with Crippen LogP contribution in [0.5, 0.6) is 0 Å². The first-order valence-corrected chi connectivity index (χ1v) is 8.62. The number of aryl methyl sites for hydroxylation is 1. The summed E-state index contributed by atoms with van der Waals surface area (Å²) < 4.78 is 7.14. The number of nitrogens with one attached hydrogen (secondary N) is 1. The van der Waals surface area contributed by atoms with Gasteiger partial charge in [0.05, 0.1) is 10.9 Å². The Kier molecular flexibility index (Phi) is 4.56. The third kappa shape index (κ3) is 3.54. The molecule has 0 aliphatic carbocycles. The van der Waals surface area contributed by atoms with Crippen LogP contribution in [0.2, 0.25) is 5.15 Å². The van der Waals surface area contributed by atoms with Crippen molar-refractivity contribution >= 4 is 45.3 Å². The molecule has 2 heterocycles. The fourth-order valence-electron chi connectivity index (χ4n) is 2.70. The topological polar surface area (TPSA) is 69.0 Å². The minimum atomic E-state index is -0.587. The van der Waals surface area contributed by atoms with Crippen LogP contribution in [-0.4, -0.2) is 26.5 Å². The number of amides is 1. The number of halogens is 1. The molecule has 1 N–H and O–H groups in total. The predicted molar refractivity (Wildman–Crippen MR) is 100 cm³/mol. The summed E-state index contributed by atoms with van der Waals surface area (Å²) in [6.45, 7) is 8.16. The predicted octanol–water partition coefficient (Wildman–Crippen LogP) is 4.99. The molecule has 0 aliphatic rings. The van der Waals surface area contributed by atoms with Gasteiger partial charge in [-0.2, -0.15) is 5.10 Å². The fourth-order valence-corrected chi connectivity index (χ4v) is 2.93. The molecular weight excluding hydrogens is 340 g/mol. The molecule has 7 heteroatoms. The number of anilines is 1. The van der Waals surface area contributed by atoms with Gasteiger partial charge >= 0.3 is 6.09 Å². The molecule has 0 saturated carbocycles. The van der Waals surface area contributed by atoms with Crippen molar-refractivity contribution in [2.24, 2.45) is 0 Å². The molecule has 3 rings (SSSR count). The molecule has 0 radical (unpaired) electrons. The number of hydrogen-bond donors (Lipinski definition) is 1. The Labute approximate surface area is 151 Å². The Morgan fingerprint density at radius 3 is 2.72 bits per heavy atom. The summed E-state index contributed by atoms with van der Waals surface area (Å²) in [7, 11) is 0. The summed E-state index contributed by atoms with van der Waals surface area (Å²) in [5.41, 5.74) is 0.736. The number of rotatable bonds is 3. The lowest BCUT2D eigenvalue weighted by atomic mass is 10.1. The second kappa shape index (κ2) is 6.52. The van der Waals surface area contributed by atoms with E-state index in [1.807, 2.05) is 52.0 Å². The standard InChI is InChI=1S/C18H21ClN4O2/c1-5-10-23-16(21-17(24)25-18(2,3)4)13-11-8-6-7-9-12(11)20-15(19)14(13)22-23/h6-9H,5,10H2,1-4H3,(H,21,24). The second-order valence-electron chi connectivity index (χ2n) is 6.84. The minimum Gasteiger partial charge on any atom is -0.444 e. The third-order valence-corrected chi connectivity index (χ3v) is 3.86. The Hall–Kier alpha value is -2.34. The summed E-state index contributed by atoms with van der Waals surface area (Å²) >= 11 is 6.33. The van der Waals surface area contributed by atoms with Gasteiger partial charge in [0.15, 0.2) is 5.15 Å². The second-order valence-corrected chi connectivity index (χ2v) is 7.20. The molecule has 132 valence electrons. The zero-order valence-corrected chi connectivity index (χ0v) is 15.5. The lowest BCUT2D eigenvalue weighted by Gasteiger charge is -2.20. The average Bonchev–Trinajstić information content (AvgIpc) is 2.85. The van der Waals surface area contributed by atoms with Gasteiger partial charge in [0, 0.05) is 11.9 Å². The van der Waals surface area contributed by atoms with E-state index in [0.717, 1.165) is 22.7 Å². The van der Waals surface area contributed by atoms with Crippen molar-refractivity contribution in [1.82, 2.24) is 14.8 Å². The maximum atomic E-state index is 12.3. The van der Waals surface area contributed by atoms with Crippen molar-refractivity contribution < 1.29 is 9.53 Å². The lowest BCUT2D eigenvalue weighted by molar-refractivity contribution is 0.0634. The van der Waals surface area contributed by atoms with Gasteiger partial charge in [0.25, 0.3) is 0 Å². The van der Waals surface area contributed by atoms with Gasteiger partial charge in [-0.1, -0.05) is 36.7 Å². The Balaban J connectivity index is 2.20. The molecule has 6 nitrogen and oxygen atoms in total. The number of fused-ring (bicyclic) bond motifs is 3. The number of hydrogen-bond acceptors (Lipinski definition) is 4. The van der Waals surface area contributed by atoms with Gasteiger partial charge in [-0.15, -0.1) is 0 Å². The summed E-state index contributed by atoms with van der Waals surface area (Å²) in [5, 5.41) is 9.37. The molecule has 0 aliphatic heterocycles. The first-order chi connectivity index (χ1) is 11.8. The van der Waals surface area contributed by atoms with E-state index in [0.29, 0.717) is 23.0 Å². The van der Waals surface area contributed by atoms with E-state index in [2.05, 4.69) is 15.4 Å². The SMILES string of the molecule is CCCn1nc2c(Cl)nc3ccccc3c2c1NC(=O)OC(C)(C)C. The van der Waals surface area contributed by atoms with Crippen LogP contribution in [0, 0.1) is 0 Å². The van der Waals surface area contributed by atoms with Crippen LogP contribution < -0.4 is 5.32 Å². The quantitative estimate of drug-likeness (QED) is 0.667. The van der Waals surface area contributed by atoms with Crippen LogP contribution >= 0.6 is 11.6 Å². The van der Waals surface area contributed by atoms with E-state index in [1.54, 1.807) is 4.68 Å². The summed E-state index contributed by atoms with van der Waals surface area (Å²) in [6.07, 6.45) is 0.337. The van der Waals surface area contributed by atoms with E-state index in [1.165, 1.54) is 0 Å². The van der Waals surface area contributed by atoms with Gasteiger partial charge in [-0.25, -0.2) is 14.5 Å². The Morgan fingerprint density at radius 2 is 2.04 bits per heavy atom. The molecule has 0 saturated heterocycles. The highest BCUT2D eigenvalue weighted by atomic mass is 35.5. The molecule has 1 amide bonds. The van der Waals surface area contributed by atoms with Gasteiger partial charge in [-0.3, -0.25) is 5.32 Å². The maximum absolute atomic E-state index is 12.3. The maximum Gasteiger partial charge on any atom is 0.413 e. The van der Waals surface area contributed by atoms with Crippen molar-refractivity contribution in [3.05, 3.63) is 29.4 Å². The van der Waals surface area contributed by atoms with Crippen LogP contribution in [0.25, 0.3) is 21.8 Å². The molecule has 0 fully saturated rings. The van der Waals surface area contributed by atoms with E-state index in [4.69, 9.17) is 16.3 Å². The highest BCUT2D eigenvalue weighted by molar-refractivity contribution is 6.36. The molecule has 0 atom stereocenters.